The molecule has 0 spiro atoms. The van der Waals surface area contributed by atoms with Crippen LogP contribution in [-0.4, -0.2) is 16.9 Å². The lowest BCUT2D eigenvalue weighted by molar-refractivity contribution is -0.121. The van der Waals surface area contributed by atoms with E-state index < -0.39 is 12.0 Å². The number of aliphatic hydroxyl groups excluding tert-OH is 1. The Hall–Kier alpha value is -2.99. The zero-order chi connectivity index (χ0) is 19.6. The number of nitrogens with one attached hydrogen (secondary N) is 2. The Labute approximate surface area is 156 Å². The molecule has 0 aliphatic carbocycles. The summed E-state index contributed by atoms with van der Waals surface area (Å²) in [6, 6.07) is 11.1. The zero-order valence-electron chi connectivity index (χ0n) is 15.1. The Morgan fingerprint density at radius 2 is 1.96 bits per heavy atom. The predicted octanol–water partition coefficient (Wildman–Crippen LogP) is 3.31. The van der Waals surface area contributed by atoms with Gasteiger partial charge in [-0.1, -0.05) is 24.3 Å². The van der Waals surface area contributed by atoms with Gasteiger partial charge < -0.3 is 15.7 Å². The van der Waals surface area contributed by atoms with E-state index in [1.54, 1.807) is 31.2 Å². The molecule has 2 amide bonds. The molecular formula is C21H21FN2O3. The van der Waals surface area contributed by atoms with Crippen LogP contribution in [0.1, 0.15) is 42.1 Å². The Morgan fingerprint density at radius 3 is 2.63 bits per heavy atom. The zero-order valence-corrected chi connectivity index (χ0v) is 15.1. The molecule has 0 fully saturated rings. The van der Waals surface area contributed by atoms with Gasteiger partial charge in [-0.2, -0.15) is 0 Å². The average Bonchev–Trinajstić information content (AvgIpc) is 2.63. The summed E-state index contributed by atoms with van der Waals surface area (Å²) in [7, 11) is 0. The van der Waals surface area contributed by atoms with Crippen LogP contribution in [0.2, 0.25) is 0 Å². The molecule has 1 aliphatic rings. The van der Waals surface area contributed by atoms with Crippen LogP contribution in [0.4, 0.5) is 10.1 Å². The number of hydrogen-bond acceptors (Lipinski definition) is 3. The number of aryl methyl sites for hydroxylation is 1. The van der Waals surface area contributed by atoms with E-state index in [0.717, 1.165) is 5.56 Å². The van der Waals surface area contributed by atoms with E-state index in [1.165, 1.54) is 18.3 Å². The number of amides is 2. The van der Waals surface area contributed by atoms with Crippen LogP contribution in [0, 0.1) is 12.7 Å². The number of rotatable bonds is 4. The fraction of sp³-hybridized carbons (Fsp3) is 0.238. The lowest BCUT2D eigenvalue weighted by Crippen LogP contribution is -2.32. The van der Waals surface area contributed by atoms with Crippen LogP contribution in [0.3, 0.4) is 0 Å². The van der Waals surface area contributed by atoms with Crippen molar-refractivity contribution < 1.29 is 19.1 Å². The van der Waals surface area contributed by atoms with E-state index in [4.69, 9.17) is 0 Å². The summed E-state index contributed by atoms with van der Waals surface area (Å²) in [6.07, 6.45) is 0.863. The third kappa shape index (κ3) is 4.23. The van der Waals surface area contributed by atoms with E-state index in [1.807, 2.05) is 13.0 Å². The standard InChI is InChI=1S/C21H21FN2O3/c1-12-3-4-15(13(2)25)9-19(12)24-21(27)18-11-23-20(26)10-17(18)14-5-7-16(22)8-6-14/h3-9,11,13,17,25H,10H2,1-2H3,(H,23,26)(H,24,27)/t13?,17-/m0/s1. The minimum absolute atomic E-state index is 0.109. The maximum Gasteiger partial charge on any atom is 0.253 e. The lowest BCUT2D eigenvalue weighted by atomic mass is 9.86. The summed E-state index contributed by atoms with van der Waals surface area (Å²) in [6.45, 7) is 3.51. The van der Waals surface area contributed by atoms with Crippen molar-refractivity contribution in [1.29, 1.82) is 0 Å². The third-order valence-corrected chi connectivity index (χ3v) is 4.68. The normalized spacial score (nSPS) is 17.7. The Kier molecular flexibility index (Phi) is 5.37. The fourth-order valence-corrected chi connectivity index (χ4v) is 3.06. The second-order valence-electron chi connectivity index (χ2n) is 6.68. The molecule has 0 radical (unpaired) electrons. The molecule has 1 unspecified atom stereocenters. The second-order valence-corrected chi connectivity index (χ2v) is 6.68. The second kappa shape index (κ2) is 7.72. The Morgan fingerprint density at radius 1 is 1.26 bits per heavy atom. The Balaban J connectivity index is 1.89. The number of carbonyl (C=O) groups excluding carboxylic acids is 2. The van der Waals surface area contributed by atoms with Crippen LogP contribution in [0.25, 0.3) is 0 Å². The Bertz CT molecular complexity index is 904. The van der Waals surface area contributed by atoms with Gasteiger partial charge in [0, 0.05) is 29.8 Å². The largest absolute Gasteiger partial charge is 0.389 e. The van der Waals surface area contributed by atoms with Crippen molar-refractivity contribution in [3.8, 4) is 0 Å². The maximum atomic E-state index is 13.2. The van der Waals surface area contributed by atoms with Gasteiger partial charge in [0.05, 0.1) is 6.10 Å². The highest BCUT2D eigenvalue weighted by Gasteiger charge is 2.29. The lowest BCUT2D eigenvalue weighted by Gasteiger charge is -2.24. The van der Waals surface area contributed by atoms with E-state index in [0.29, 0.717) is 22.4 Å². The van der Waals surface area contributed by atoms with Crippen molar-refractivity contribution >= 4 is 17.5 Å². The molecule has 2 aromatic carbocycles. The maximum absolute atomic E-state index is 13.2. The first-order valence-electron chi connectivity index (χ1n) is 8.70. The number of hydrogen-bond donors (Lipinski definition) is 3. The molecule has 3 rings (SSSR count). The highest BCUT2D eigenvalue weighted by atomic mass is 19.1. The van der Waals surface area contributed by atoms with Gasteiger partial charge in [0.1, 0.15) is 5.82 Å². The predicted molar refractivity (Wildman–Crippen MR) is 100 cm³/mol. The minimum Gasteiger partial charge on any atom is -0.389 e. The van der Waals surface area contributed by atoms with Gasteiger partial charge in [0.15, 0.2) is 0 Å². The number of aliphatic hydroxyl groups is 1. The summed E-state index contributed by atoms with van der Waals surface area (Å²) >= 11 is 0. The first-order valence-corrected chi connectivity index (χ1v) is 8.70. The minimum atomic E-state index is -0.651. The third-order valence-electron chi connectivity index (χ3n) is 4.68. The van der Waals surface area contributed by atoms with Gasteiger partial charge in [-0.3, -0.25) is 9.59 Å². The summed E-state index contributed by atoms with van der Waals surface area (Å²) in [4.78, 5) is 24.7. The number of benzene rings is 2. The molecular weight excluding hydrogens is 347 g/mol. The molecule has 2 aromatic rings. The molecule has 0 aromatic heterocycles. The molecule has 0 saturated carbocycles. The quantitative estimate of drug-likeness (QED) is 0.775. The molecule has 1 heterocycles. The van der Waals surface area contributed by atoms with Gasteiger partial charge in [-0.05, 0) is 48.7 Å². The molecule has 3 N–H and O–H groups in total. The summed E-state index contributed by atoms with van der Waals surface area (Å²) in [5.74, 6) is -1.39. The first-order chi connectivity index (χ1) is 12.8. The van der Waals surface area contributed by atoms with E-state index in [-0.39, 0.29) is 24.1 Å². The number of anilines is 1. The molecule has 0 bridgehead atoms. The molecule has 27 heavy (non-hydrogen) atoms. The van der Waals surface area contributed by atoms with Crippen molar-refractivity contribution in [2.24, 2.45) is 0 Å². The van der Waals surface area contributed by atoms with E-state index >= 15 is 0 Å². The van der Waals surface area contributed by atoms with Gasteiger partial charge in [0.25, 0.3) is 5.91 Å². The summed E-state index contributed by atoms with van der Waals surface area (Å²) < 4.78 is 13.2. The first kappa shape index (κ1) is 18.8. The topological polar surface area (TPSA) is 78.4 Å². The van der Waals surface area contributed by atoms with Gasteiger partial charge in [-0.25, -0.2) is 4.39 Å². The van der Waals surface area contributed by atoms with Gasteiger partial charge >= 0.3 is 0 Å². The SMILES string of the molecule is Cc1ccc(C(C)O)cc1NC(=O)C1=CNC(=O)C[C@H]1c1ccc(F)cc1. The van der Waals surface area contributed by atoms with Crippen LogP contribution >= 0.6 is 0 Å². The van der Waals surface area contributed by atoms with Gasteiger partial charge in [0.2, 0.25) is 5.91 Å². The fourth-order valence-electron chi connectivity index (χ4n) is 3.06. The van der Waals surface area contributed by atoms with Crippen LogP contribution < -0.4 is 10.6 Å². The van der Waals surface area contributed by atoms with Crippen molar-refractivity contribution in [3.05, 3.63) is 76.7 Å². The monoisotopic (exact) mass is 368 g/mol. The van der Waals surface area contributed by atoms with Gasteiger partial charge in [-0.15, -0.1) is 0 Å². The highest BCUT2D eigenvalue weighted by molar-refractivity contribution is 6.06. The molecule has 2 atom stereocenters. The smallest absolute Gasteiger partial charge is 0.253 e. The molecule has 140 valence electrons. The van der Waals surface area contributed by atoms with Crippen LogP contribution in [0.15, 0.2) is 54.2 Å². The number of carbonyl (C=O) groups is 2. The summed E-state index contributed by atoms with van der Waals surface area (Å²) in [5.41, 5.74) is 3.22. The van der Waals surface area contributed by atoms with Crippen molar-refractivity contribution in [2.75, 3.05) is 5.32 Å². The average molecular weight is 368 g/mol. The van der Waals surface area contributed by atoms with E-state index in [9.17, 15) is 19.1 Å². The van der Waals surface area contributed by atoms with Crippen LogP contribution in [0.5, 0.6) is 0 Å². The number of halogens is 1. The van der Waals surface area contributed by atoms with Crippen molar-refractivity contribution in [2.45, 2.75) is 32.3 Å². The van der Waals surface area contributed by atoms with Crippen molar-refractivity contribution in [1.82, 2.24) is 5.32 Å². The summed E-state index contributed by atoms with van der Waals surface area (Å²) in [5, 5.41) is 15.2. The van der Waals surface area contributed by atoms with E-state index in [2.05, 4.69) is 10.6 Å². The van der Waals surface area contributed by atoms with Crippen LogP contribution in [-0.2, 0) is 9.59 Å². The molecule has 0 saturated heterocycles. The molecule has 5 nitrogen and oxygen atoms in total. The molecule has 1 aliphatic heterocycles. The van der Waals surface area contributed by atoms with Crippen molar-refractivity contribution in [3.63, 3.8) is 0 Å². The molecule has 6 heteroatoms. The highest BCUT2D eigenvalue weighted by Crippen LogP contribution is 2.31.